The third-order valence-corrected chi connectivity index (χ3v) is 5.09. The number of likely N-dealkylation sites (N-methyl/N-ethyl adjacent to an activating group) is 1. The number of hydrogen-bond acceptors (Lipinski definition) is 3. The molecule has 1 aromatic heterocycles. The number of aromatic nitrogens is 1. The normalized spacial score (nSPS) is 25.6. The summed E-state index contributed by atoms with van der Waals surface area (Å²) in [6.07, 6.45) is -1.38. The maximum Gasteiger partial charge on any atom is 0.391 e. The molecule has 0 aliphatic heterocycles. The highest BCUT2D eigenvalue weighted by Crippen LogP contribution is 2.40. The van der Waals surface area contributed by atoms with E-state index >= 15 is 0 Å². The van der Waals surface area contributed by atoms with E-state index in [1.807, 2.05) is 19.4 Å². The minimum Gasteiger partial charge on any atom is -0.316 e. The quantitative estimate of drug-likeness (QED) is 0.911. The molecule has 20 heavy (non-hydrogen) atoms. The molecule has 0 spiro atoms. The summed E-state index contributed by atoms with van der Waals surface area (Å²) in [5.41, 5.74) is 1.05. The molecule has 1 atom stereocenters. The van der Waals surface area contributed by atoms with Gasteiger partial charge in [-0.1, -0.05) is 0 Å². The van der Waals surface area contributed by atoms with E-state index in [2.05, 4.69) is 10.3 Å². The Morgan fingerprint density at radius 1 is 1.35 bits per heavy atom. The number of nitrogens with zero attached hydrogens (tertiary/aromatic N) is 1. The summed E-state index contributed by atoms with van der Waals surface area (Å²) in [5, 5.41) is 6.35. The van der Waals surface area contributed by atoms with Gasteiger partial charge in [-0.05, 0) is 45.6 Å². The van der Waals surface area contributed by atoms with Crippen LogP contribution in [-0.2, 0) is 6.42 Å². The molecule has 1 aliphatic rings. The number of rotatable bonds is 4. The van der Waals surface area contributed by atoms with Crippen molar-refractivity contribution in [2.75, 3.05) is 7.05 Å². The maximum absolute atomic E-state index is 12.7. The Hall–Kier alpha value is -0.620. The van der Waals surface area contributed by atoms with E-state index < -0.39 is 12.1 Å². The molecule has 114 valence electrons. The van der Waals surface area contributed by atoms with E-state index in [1.54, 1.807) is 11.3 Å². The van der Waals surface area contributed by atoms with Gasteiger partial charge in [-0.15, -0.1) is 11.3 Å². The van der Waals surface area contributed by atoms with Crippen molar-refractivity contribution in [2.24, 2.45) is 11.8 Å². The highest BCUT2D eigenvalue weighted by atomic mass is 32.1. The molecule has 0 saturated heterocycles. The summed E-state index contributed by atoms with van der Waals surface area (Å²) >= 11 is 1.62. The largest absolute Gasteiger partial charge is 0.391 e. The second-order valence-corrected chi connectivity index (χ2v) is 6.67. The predicted molar refractivity (Wildman–Crippen MR) is 74.9 cm³/mol. The summed E-state index contributed by atoms with van der Waals surface area (Å²) in [6.45, 7) is 1.97. The van der Waals surface area contributed by atoms with Crippen LogP contribution in [-0.4, -0.2) is 24.2 Å². The summed E-state index contributed by atoms with van der Waals surface area (Å²) < 4.78 is 38.0. The summed E-state index contributed by atoms with van der Waals surface area (Å²) in [7, 11) is 1.89. The Balaban J connectivity index is 1.90. The SMILES string of the molecule is CNC(Cc1csc(C)n1)C1CCC(C(F)(F)F)CC1. The lowest BCUT2D eigenvalue weighted by Gasteiger charge is -2.34. The topological polar surface area (TPSA) is 24.9 Å². The van der Waals surface area contributed by atoms with Crippen molar-refractivity contribution in [3.63, 3.8) is 0 Å². The molecule has 1 N–H and O–H groups in total. The van der Waals surface area contributed by atoms with Gasteiger partial charge in [-0.2, -0.15) is 13.2 Å². The van der Waals surface area contributed by atoms with Crippen molar-refractivity contribution in [3.05, 3.63) is 16.1 Å². The smallest absolute Gasteiger partial charge is 0.316 e. The van der Waals surface area contributed by atoms with Crippen LogP contribution in [0.3, 0.4) is 0 Å². The Morgan fingerprint density at radius 2 is 2.00 bits per heavy atom. The zero-order valence-corrected chi connectivity index (χ0v) is 12.7. The van der Waals surface area contributed by atoms with E-state index in [1.165, 1.54) is 0 Å². The van der Waals surface area contributed by atoms with Gasteiger partial charge in [0.25, 0.3) is 0 Å². The van der Waals surface area contributed by atoms with Crippen molar-refractivity contribution in [1.29, 1.82) is 0 Å². The Labute approximate surface area is 121 Å². The van der Waals surface area contributed by atoms with Gasteiger partial charge < -0.3 is 5.32 Å². The fourth-order valence-electron chi connectivity index (χ4n) is 3.08. The standard InChI is InChI=1S/C14H21F3N2S/c1-9-19-12(8-20-9)7-13(18-2)10-3-5-11(6-4-10)14(15,16)17/h8,10-11,13,18H,3-7H2,1-2H3. The number of hydrogen-bond donors (Lipinski definition) is 1. The van der Waals surface area contributed by atoms with Crippen LogP contribution in [0.4, 0.5) is 13.2 Å². The van der Waals surface area contributed by atoms with E-state index in [-0.39, 0.29) is 18.9 Å². The van der Waals surface area contributed by atoms with Crippen molar-refractivity contribution < 1.29 is 13.2 Å². The molecule has 1 heterocycles. The Kier molecular flexibility index (Phi) is 5.07. The van der Waals surface area contributed by atoms with E-state index in [4.69, 9.17) is 0 Å². The second-order valence-electron chi connectivity index (χ2n) is 5.61. The van der Waals surface area contributed by atoms with Crippen LogP contribution < -0.4 is 5.32 Å². The lowest BCUT2D eigenvalue weighted by molar-refractivity contribution is -0.184. The van der Waals surface area contributed by atoms with Gasteiger partial charge in [-0.25, -0.2) is 4.98 Å². The molecule has 1 aliphatic carbocycles. The van der Waals surface area contributed by atoms with Gasteiger partial charge in [0.05, 0.1) is 16.6 Å². The zero-order valence-electron chi connectivity index (χ0n) is 11.8. The monoisotopic (exact) mass is 306 g/mol. The summed E-state index contributed by atoms with van der Waals surface area (Å²) in [6, 6.07) is 0.227. The van der Waals surface area contributed by atoms with Crippen molar-refractivity contribution in [3.8, 4) is 0 Å². The van der Waals surface area contributed by atoms with E-state index in [0.717, 1.165) is 17.1 Å². The maximum atomic E-state index is 12.7. The highest BCUT2D eigenvalue weighted by Gasteiger charge is 2.42. The molecule has 0 aromatic carbocycles. The molecule has 6 heteroatoms. The molecule has 0 bridgehead atoms. The molecule has 0 amide bonds. The van der Waals surface area contributed by atoms with Crippen LogP contribution in [0.15, 0.2) is 5.38 Å². The number of halogens is 3. The van der Waals surface area contributed by atoms with Gasteiger partial charge >= 0.3 is 6.18 Å². The molecular weight excluding hydrogens is 285 g/mol. The van der Waals surface area contributed by atoms with Crippen LogP contribution in [0.5, 0.6) is 0 Å². The average molecular weight is 306 g/mol. The first kappa shape index (κ1) is 15.8. The van der Waals surface area contributed by atoms with Crippen LogP contribution in [0, 0.1) is 18.8 Å². The van der Waals surface area contributed by atoms with Crippen LogP contribution in [0.25, 0.3) is 0 Å². The van der Waals surface area contributed by atoms with Gasteiger partial charge in [0.15, 0.2) is 0 Å². The predicted octanol–water partition coefficient (Wildman–Crippen LogP) is 3.95. The molecule has 2 nitrogen and oxygen atoms in total. The van der Waals surface area contributed by atoms with Gasteiger partial charge in [0.2, 0.25) is 0 Å². The Morgan fingerprint density at radius 3 is 2.45 bits per heavy atom. The van der Waals surface area contributed by atoms with Gasteiger partial charge in [0, 0.05) is 17.8 Å². The number of thiazole rings is 1. The van der Waals surface area contributed by atoms with E-state index in [9.17, 15) is 13.2 Å². The molecular formula is C14H21F3N2S. The van der Waals surface area contributed by atoms with Crippen molar-refractivity contribution >= 4 is 11.3 Å². The summed E-state index contributed by atoms with van der Waals surface area (Å²) in [5.74, 6) is -0.779. The molecule has 1 unspecified atom stereocenters. The van der Waals surface area contributed by atoms with Crippen LogP contribution >= 0.6 is 11.3 Å². The third kappa shape index (κ3) is 3.95. The first-order chi connectivity index (χ1) is 9.40. The first-order valence-corrected chi connectivity index (χ1v) is 7.93. The van der Waals surface area contributed by atoms with Crippen LogP contribution in [0.2, 0.25) is 0 Å². The van der Waals surface area contributed by atoms with E-state index in [0.29, 0.717) is 18.8 Å². The fourth-order valence-corrected chi connectivity index (χ4v) is 3.71. The molecule has 1 fully saturated rings. The molecule has 2 rings (SSSR count). The molecule has 0 radical (unpaired) electrons. The number of aryl methyl sites for hydroxylation is 1. The van der Waals surface area contributed by atoms with Gasteiger partial charge in [-0.3, -0.25) is 0 Å². The molecule has 1 aromatic rings. The Bertz CT molecular complexity index is 422. The average Bonchev–Trinajstić information content (AvgIpc) is 2.81. The number of alkyl halides is 3. The van der Waals surface area contributed by atoms with Crippen molar-refractivity contribution in [2.45, 2.75) is 51.2 Å². The van der Waals surface area contributed by atoms with Crippen LogP contribution in [0.1, 0.15) is 36.4 Å². The first-order valence-electron chi connectivity index (χ1n) is 7.05. The highest BCUT2D eigenvalue weighted by molar-refractivity contribution is 7.09. The number of nitrogens with one attached hydrogen (secondary N) is 1. The third-order valence-electron chi connectivity index (χ3n) is 4.27. The van der Waals surface area contributed by atoms with Crippen molar-refractivity contribution in [1.82, 2.24) is 10.3 Å². The summed E-state index contributed by atoms with van der Waals surface area (Å²) in [4.78, 5) is 4.45. The second kappa shape index (κ2) is 6.43. The zero-order chi connectivity index (χ0) is 14.8. The lowest BCUT2D eigenvalue weighted by Crippen LogP contribution is -2.39. The lowest BCUT2D eigenvalue weighted by atomic mass is 9.77. The fraction of sp³-hybridized carbons (Fsp3) is 0.786. The van der Waals surface area contributed by atoms with Gasteiger partial charge in [0.1, 0.15) is 0 Å². The molecule has 1 saturated carbocycles. The minimum atomic E-state index is -4.02. The minimum absolute atomic E-state index is 0.227.